The highest BCUT2D eigenvalue weighted by Crippen LogP contribution is 2.16. The zero-order valence-electron chi connectivity index (χ0n) is 17.2. The first-order chi connectivity index (χ1) is 13.7. The van der Waals surface area contributed by atoms with Gasteiger partial charge in [-0.3, -0.25) is 14.4 Å². The third kappa shape index (κ3) is 6.98. The molecule has 2 aromatic rings. The van der Waals surface area contributed by atoms with Gasteiger partial charge in [0.05, 0.1) is 5.75 Å². The number of ketones is 1. The fourth-order valence-corrected chi connectivity index (χ4v) is 3.14. The Hall–Kier alpha value is -2.74. The molecule has 0 aliphatic carbocycles. The van der Waals surface area contributed by atoms with Gasteiger partial charge in [0.1, 0.15) is 0 Å². The summed E-state index contributed by atoms with van der Waals surface area (Å²) in [5.41, 5.74) is 2.66. The molecule has 8 heteroatoms. The summed E-state index contributed by atoms with van der Waals surface area (Å²) in [5, 5.41) is 3.26. The van der Waals surface area contributed by atoms with Crippen LogP contribution < -0.4 is 5.32 Å². The molecule has 0 spiro atoms. The lowest BCUT2D eigenvalue weighted by molar-refractivity contribution is -0.143. The van der Waals surface area contributed by atoms with E-state index in [1.165, 1.54) is 18.7 Å². The van der Waals surface area contributed by atoms with E-state index in [0.717, 1.165) is 11.4 Å². The van der Waals surface area contributed by atoms with Crippen molar-refractivity contribution in [3.8, 4) is 0 Å². The fraction of sp³-hybridized carbons (Fsp3) is 0.381. The molecular formula is C21H25N3O4S. The Morgan fingerprint density at radius 3 is 2.17 bits per heavy atom. The molecule has 1 N–H and O–H groups in total. The summed E-state index contributed by atoms with van der Waals surface area (Å²) in [7, 11) is 0. The van der Waals surface area contributed by atoms with E-state index in [9.17, 15) is 14.4 Å². The van der Waals surface area contributed by atoms with Gasteiger partial charge >= 0.3 is 5.97 Å². The van der Waals surface area contributed by atoms with Gasteiger partial charge in [-0.15, -0.1) is 0 Å². The number of rotatable bonds is 8. The minimum absolute atomic E-state index is 0.0146. The maximum atomic E-state index is 12.5. The van der Waals surface area contributed by atoms with Crippen molar-refractivity contribution in [2.24, 2.45) is 5.92 Å². The summed E-state index contributed by atoms with van der Waals surface area (Å²) in [5.74, 6) is -1.05. The smallest absolute Gasteiger partial charge is 0.317 e. The van der Waals surface area contributed by atoms with E-state index >= 15 is 0 Å². The molecule has 154 valence electrons. The lowest BCUT2D eigenvalue weighted by atomic mass is 10.1. The number of nitrogens with one attached hydrogen (secondary N) is 1. The topological polar surface area (TPSA) is 98.2 Å². The van der Waals surface area contributed by atoms with Crippen molar-refractivity contribution in [1.82, 2.24) is 9.97 Å². The van der Waals surface area contributed by atoms with E-state index in [1.54, 1.807) is 38.1 Å². The van der Waals surface area contributed by atoms with Crippen LogP contribution in [0.4, 0.5) is 5.69 Å². The van der Waals surface area contributed by atoms with Crippen LogP contribution in [-0.2, 0) is 14.3 Å². The van der Waals surface area contributed by atoms with Crippen LogP contribution in [0.3, 0.4) is 0 Å². The third-order valence-electron chi connectivity index (χ3n) is 3.92. The zero-order valence-corrected chi connectivity index (χ0v) is 18.0. The third-order valence-corrected chi connectivity index (χ3v) is 4.74. The number of hydrogen-bond acceptors (Lipinski definition) is 7. The summed E-state index contributed by atoms with van der Waals surface area (Å²) in [4.78, 5) is 44.8. The molecule has 0 aliphatic rings. The molecule has 1 unspecified atom stereocenters. The second-order valence-corrected chi connectivity index (χ2v) is 7.88. The van der Waals surface area contributed by atoms with Gasteiger partial charge in [-0.25, -0.2) is 9.97 Å². The van der Waals surface area contributed by atoms with E-state index in [1.807, 2.05) is 19.9 Å². The van der Waals surface area contributed by atoms with Gasteiger partial charge in [-0.05, 0) is 51.1 Å². The highest BCUT2D eigenvalue weighted by molar-refractivity contribution is 7.99. The van der Waals surface area contributed by atoms with Crippen LogP contribution in [0.1, 0.15) is 42.5 Å². The van der Waals surface area contributed by atoms with Crippen molar-refractivity contribution in [2.75, 3.05) is 11.1 Å². The van der Waals surface area contributed by atoms with Gasteiger partial charge in [0, 0.05) is 28.6 Å². The molecule has 7 nitrogen and oxygen atoms in total. The van der Waals surface area contributed by atoms with Gasteiger partial charge in [0.25, 0.3) is 0 Å². The summed E-state index contributed by atoms with van der Waals surface area (Å²) in [6.45, 7) is 8.85. The van der Waals surface area contributed by atoms with Crippen molar-refractivity contribution >= 4 is 35.1 Å². The first kappa shape index (κ1) is 22.5. The number of aryl methyl sites for hydroxylation is 2. The van der Waals surface area contributed by atoms with E-state index in [0.29, 0.717) is 16.4 Å². The van der Waals surface area contributed by atoms with Crippen LogP contribution in [0.15, 0.2) is 35.5 Å². The first-order valence-corrected chi connectivity index (χ1v) is 10.2. The van der Waals surface area contributed by atoms with Crippen molar-refractivity contribution in [3.63, 3.8) is 0 Å². The highest BCUT2D eigenvalue weighted by atomic mass is 32.2. The molecule has 0 saturated carbocycles. The van der Waals surface area contributed by atoms with Crippen LogP contribution in [0.5, 0.6) is 0 Å². The number of carbonyl (C=O) groups is 3. The molecule has 0 fully saturated rings. The van der Waals surface area contributed by atoms with Crippen LogP contribution in [0.25, 0.3) is 0 Å². The number of amides is 1. The number of thioether (sulfide) groups is 1. The Labute approximate surface area is 174 Å². The molecule has 0 aliphatic heterocycles. The minimum atomic E-state index is -0.917. The SMILES string of the molecule is Cc1cc(C)nc(SCC(=O)OC(C)C(=O)c2ccc(NC(=O)C(C)C)cc2)n1. The number of benzene rings is 1. The van der Waals surface area contributed by atoms with Crippen molar-refractivity contribution < 1.29 is 19.1 Å². The highest BCUT2D eigenvalue weighted by Gasteiger charge is 2.20. The molecule has 1 amide bonds. The normalized spacial score (nSPS) is 11.8. The molecule has 1 heterocycles. The predicted molar refractivity (Wildman–Crippen MR) is 112 cm³/mol. The number of nitrogens with zero attached hydrogens (tertiary/aromatic N) is 2. The van der Waals surface area contributed by atoms with Crippen molar-refractivity contribution in [3.05, 3.63) is 47.3 Å². The average Bonchev–Trinajstić information content (AvgIpc) is 2.65. The number of carbonyl (C=O) groups excluding carboxylic acids is 3. The van der Waals surface area contributed by atoms with Gasteiger partial charge < -0.3 is 10.1 Å². The van der Waals surface area contributed by atoms with E-state index in [-0.39, 0.29) is 23.4 Å². The van der Waals surface area contributed by atoms with Crippen molar-refractivity contribution in [1.29, 1.82) is 0 Å². The van der Waals surface area contributed by atoms with Gasteiger partial charge in [-0.2, -0.15) is 0 Å². The fourth-order valence-electron chi connectivity index (χ4n) is 2.41. The van der Waals surface area contributed by atoms with Gasteiger partial charge in [-0.1, -0.05) is 25.6 Å². The van der Waals surface area contributed by atoms with Crippen LogP contribution in [-0.4, -0.2) is 39.5 Å². The average molecular weight is 416 g/mol. The molecule has 2 rings (SSSR count). The predicted octanol–water partition coefficient (Wildman–Crippen LogP) is 3.59. The van der Waals surface area contributed by atoms with E-state index in [2.05, 4.69) is 15.3 Å². The number of Topliss-reactive ketones (excluding diaryl/α,β-unsaturated/α-hetero) is 1. The summed E-state index contributed by atoms with van der Waals surface area (Å²) < 4.78 is 5.24. The molecule has 1 aromatic heterocycles. The second kappa shape index (κ2) is 10.2. The molecule has 0 radical (unpaired) electrons. The standard InChI is InChI=1S/C21H25N3O4S/c1-12(2)20(27)24-17-8-6-16(7-9-17)19(26)15(5)28-18(25)11-29-21-22-13(3)10-14(4)23-21/h6-10,12,15H,11H2,1-5H3,(H,24,27). The molecular weight excluding hydrogens is 390 g/mol. The maximum Gasteiger partial charge on any atom is 0.317 e. The first-order valence-electron chi connectivity index (χ1n) is 9.25. The zero-order chi connectivity index (χ0) is 21.6. The second-order valence-electron chi connectivity index (χ2n) is 6.94. The van der Waals surface area contributed by atoms with Crippen LogP contribution >= 0.6 is 11.8 Å². The maximum absolute atomic E-state index is 12.5. The lowest BCUT2D eigenvalue weighted by Gasteiger charge is -2.13. The Bertz CT molecular complexity index is 877. The number of aromatic nitrogens is 2. The molecule has 1 aromatic carbocycles. The van der Waals surface area contributed by atoms with Gasteiger partial charge in [0.15, 0.2) is 11.3 Å². The number of anilines is 1. The molecule has 0 bridgehead atoms. The van der Waals surface area contributed by atoms with E-state index in [4.69, 9.17) is 4.74 Å². The molecule has 1 atom stereocenters. The number of ether oxygens (including phenoxy) is 1. The largest absolute Gasteiger partial charge is 0.454 e. The Balaban J connectivity index is 1.89. The van der Waals surface area contributed by atoms with Crippen LogP contribution in [0, 0.1) is 19.8 Å². The quantitative estimate of drug-likeness (QED) is 0.304. The summed E-state index contributed by atoms with van der Waals surface area (Å²) >= 11 is 1.17. The summed E-state index contributed by atoms with van der Waals surface area (Å²) in [6, 6.07) is 8.34. The van der Waals surface area contributed by atoms with E-state index < -0.39 is 12.1 Å². The van der Waals surface area contributed by atoms with Gasteiger partial charge in [0.2, 0.25) is 11.7 Å². The Kier molecular flexibility index (Phi) is 7.90. The number of hydrogen-bond donors (Lipinski definition) is 1. The minimum Gasteiger partial charge on any atom is -0.454 e. The summed E-state index contributed by atoms with van der Waals surface area (Å²) in [6.07, 6.45) is -0.917. The molecule has 0 saturated heterocycles. The Morgan fingerprint density at radius 2 is 1.62 bits per heavy atom. The monoisotopic (exact) mass is 415 g/mol. The van der Waals surface area contributed by atoms with Crippen LogP contribution in [0.2, 0.25) is 0 Å². The molecule has 29 heavy (non-hydrogen) atoms. The Morgan fingerprint density at radius 1 is 1.03 bits per heavy atom. The van der Waals surface area contributed by atoms with Crippen molar-refractivity contribution in [2.45, 2.75) is 45.9 Å². The number of esters is 1. The lowest BCUT2D eigenvalue weighted by Crippen LogP contribution is -2.25.